The Labute approximate surface area is 186 Å². The Morgan fingerprint density at radius 2 is 1.84 bits per heavy atom. The first-order chi connectivity index (χ1) is 14.4. The molecule has 0 amide bonds. The molecular formula is C27H36N2O2. The number of carbonyl (C=O) groups excluding carboxylic acids is 1. The largest absolute Gasteiger partial charge is 0.390 e. The molecule has 0 fully saturated rings. The van der Waals surface area contributed by atoms with E-state index in [1.165, 1.54) is 10.9 Å². The third-order valence-corrected chi connectivity index (χ3v) is 6.21. The standard InChI is InChI=1S/C27H36N2O2/c1-17(2)24-21-16-20(27(6,7)23(30)9-8-13-26(4,5)31)10-11-22(21)29-25(24)19-12-14-28-18(3)15-19/h10-12,14-17,29,31H,8-9,13H2,1-7H3. The molecule has 2 heterocycles. The number of rotatable bonds is 8. The van der Waals surface area contributed by atoms with Crippen LogP contribution in [-0.4, -0.2) is 26.5 Å². The Morgan fingerprint density at radius 3 is 2.45 bits per heavy atom. The summed E-state index contributed by atoms with van der Waals surface area (Å²) >= 11 is 0. The summed E-state index contributed by atoms with van der Waals surface area (Å²) < 4.78 is 0. The van der Waals surface area contributed by atoms with Crippen molar-refractivity contribution in [3.63, 3.8) is 0 Å². The highest BCUT2D eigenvalue weighted by molar-refractivity contribution is 5.95. The van der Waals surface area contributed by atoms with Crippen LogP contribution in [0.25, 0.3) is 22.2 Å². The van der Waals surface area contributed by atoms with E-state index in [2.05, 4.69) is 48.1 Å². The van der Waals surface area contributed by atoms with Gasteiger partial charge >= 0.3 is 0 Å². The molecule has 0 aliphatic heterocycles. The molecule has 4 heteroatoms. The van der Waals surface area contributed by atoms with Crippen LogP contribution >= 0.6 is 0 Å². The molecular weight excluding hydrogens is 384 g/mol. The van der Waals surface area contributed by atoms with Gasteiger partial charge < -0.3 is 10.1 Å². The predicted molar refractivity (Wildman–Crippen MR) is 129 cm³/mol. The average Bonchev–Trinajstić information content (AvgIpc) is 3.05. The summed E-state index contributed by atoms with van der Waals surface area (Å²) in [5.74, 6) is 0.542. The number of ketones is 1. The number of Topliss-reactive ketones (excluding diaryl/α,β-unsaturated/α-hetero) is 1. The molecule has 0 aliphatic rings. The maximum Gasteiger partial charge on any atom is 0.142 e. The molecule has 0 atom stereocenters. The van der Waals surface area contributed by atoms with Crippen molar-refractivity contribution < 1.29 is 9.90 Å². The van der Waals surface area contributed by atoms with E-state index in [-0.39, 0.29) is 5.78 Å². The number of pyridine rings is 1. The van der Waals surface area contributed by atoms with Gasteiger partial charge in [-0.05, 0) is 88.8 Å². The Bertz CT molecular complexity index is 1080. The van der Waals surface area contributed by atoms with Gasteiger partial charge in [0.15, 0.2) is 0 Å². The highest BCUT2D eigenvalue weighted by Gasteiger charge is 2.30. The van der Waals surface area contributed by atoms with Crippen molar-refractivity contribution in [3.8, 4) is 11.3 Å². The van der Waals surface area contributed by atoms with Crippen LogP contribution in [0.3, 0.4) is 0 Å². The maximum absolute atomic E-state index is 13.1. The van der Waals surface area contributed by atoms with Crippen molar-refractivity contribution in [2.24, 2.45) is 0 Å². The molecule has 2 aromatic heterocycles. The lowest BCUT2D eigenvalue weighted by Gasteiger charge is -2.25. The zero-order chi connectivity index (χ0) is 23.0. The molecule has 31 heavy (non-hydrogen) atoms. The van der Waals surface area contributed by atoms with Gasteiger partial charge in [-0.3, -0.25) is 9.78 Å². The van der Waals surface area contributed by atoms with Gasteiger partial charge in [-0.2, -0.15) is 0 Å². The van der Waals surface area contributed by atoms with E-state index in [0.29, 0.717) is 25.2 Å². The molecule has 4 nitrogen and oxygen atoms in total. The summed E-state index contributed by atoms with van der Waals surface area (Å²) in [5, 5.41) is 11.1. The van der Waals surface area contributed by atoms with Crippen molar-refractivity contribution in [2.45, 2.75) is 84.7 Å². The maximum atomic E-state index is 13.1. The quantitative estimate of drug-likeness (QED) is 0.440. The first kappa shape index (κ1) is 23.2. The SMILES string of the molecule is Cc1cc(-c2[nH]c3ccc(C(C)(C)C(=O)CCCC(C)(C)O)cc3c2C(C)C)ccn1. The number of nitrogens with zero attached hydrogens (tertiary/aromatic N) is 1. The van der Waals surface area contributed by atoms with Crippen LogP contribution in [0.15, 0.2) is 36.5 Å². The smallest absolute Gasteiger partial charge is 0.142 e. The molecule has 3 rings (SSSR count). The average molecular weight is 421 g/mol. The minimum atomic E-state index is -0.734. The fraction of sp³-hybridized carbons (Fsp3) is 0.481. The molecule has 0 radical (unpaired) electrons. The highest BCUT2D eigenvalue weighted by atomic mass is 16.3. The number of nitrogens with one attached hydrogen (secondary N) is 1. The number of benzene rings is 1. The van der Waals surface area contributed by atoms with Crippen LogP contribution in [0.5, 0.6) is 0 Å². The molecule has 0 bridgehead atoms. The second-order valence-corrected chi connectivity index (χ2v) is 10.2. The van der Waals surface area contributed by atoms with E-state index < -0.39 is 11.0 Å². The van der Waals surface area contributed by atoms with E-state index in [9.17, 15) is 9.90 Å². The van der Waals surface area contributed by atoms with Crippen molar-refractivity contribution >= 4 is 16.7 Å². The van der Waals surface area contributed by atoms with Crippen molar-refractivity contribution in [1.29, 1.82) is 0 Å². The second-order valence-electron chi connectivity index (χ2n) is 10.2. The Hall–Kier alpha value is -2.46. The van der Waals surface area contributed by atoms with Crippen LogP contribution in [0.2, 0.25) is 0 Å². The van der Waals surface area contributed by atoms with Gasteiger partial charge in [0.1, 0.15) is 5.78 Å². The minimum Gasteiger partial charge on any atom is -0.390 e. The highest BCUT2D eigenvalue weighted by Crippen LogP contribution is 2.38. The first-order valence-corrected chi connectivity index (χ1v) is 11.2. The van der Waals surface area contributed by atoms with Gasteiger partial charge in [0, 0.05) is 40.2 Å². The summed E-state index contributed by atoms with van der Waals surface area (Å²) in [5.41, 5.74) is 5.33. The van der Waals surface area contributed by atoms with Crippen molar-refractivity contribution in [3.05, 3.63) is 53.3 Å². The lowest BCUT2D eigenvalue weighted by molar-refractivity contribution is -0.123. The number of hydrogen-bond acceptors (Lipinski definition) is 3. The fourth-order valence-electron chi connectivity index (χ4n) is 4.28. The van der Waals surface area contributed by atoms with Crippen LogP contribution in [-0.2, 0) is 10.2 Å². The van der Waals surface area contributed by atoms with Gasteiger partial charge in [-0.15, -0.1) is 0 Å². The molecule has 166 valence electrons. The summed E-state index contributed by atoms with van der Waals surface area (Å²) in [4.78, 5) is 21.0. The van der Waals surface area contributed by atoms with Crippen LogP contribution in [0, 0.1) is 6.92 Å². The molecule has 0 spiro atoms. The normalized spacial score (nSPS) is 12.7. The number of aryl methyl sites for hydroxylation is 1. The van der Waals surface area contributed by atoms with Gasteiger partial charge in [0.2, 0.25) is 0 Å². The van der Waals surface area contributed by atoms with E-state index in [0.717, 1.165) is 28.0 Å². The van der Waals surface area contributed by atoms with Crippen molar-refractivity contribution in [1.82, 2.24) is 9.97 Å². The molecule has 0 saturated carbocycles. The van der Waals surface area contributed by atoms with E-state index in [1.807, 2.05) is 33.0 Å². The molecule has 2 N–H and O–H groups in total. The molecule has 0 saturated heterocycles. The molecule has 1 aromatic carbocycles. The van der Waals surface area contributed by atoms with Crippen LogP contribution in [0.4, 0.5) is 0 Å². The number of hydrogen-bond donors (Lipinski definition) is 2. The molecule has 0 unspecified atom stereocenters. The third-order valence-electron chi connectivity index (χ3n) is 6.21. The number of aromatic nitrogens is 2. The van der Waals surface area contributed by atoms with Crippen LogP contribution in [0.1, 0.15) is 83.5 Å². The van der Waals surface area contributed by atoms with Gasteiger partial charge in [0.05, 0.1) is 11.3 Å². The second kappa shape index (κ2) is 8.58. The molecule has 3 aromatic rings. The van der Waals surface area contributed by atoms with E-state index in [4.69, 9.17) is 0 Å². The summed E-state index contributed by atoms with van der Waals surface area (Å²) in [7, 11) is 0. The third kappa shape index (κ3) is 5.07. The van der Waals surface area contributed by atoms with Crippen molar-refractivity contribution in [2.75, 3.05) is 0 Å². The Morgan fingerprint density at radius 1 is 1.13 bits per heavy atom. The monoisotopic (exact) mass is 420 g/mol. The predicted octanol–water partition coefficient (Wildman–Crippen LogP) is 6.45. The zero-order valence-electron chi connectivity index (χ0n) is 20.0. The lowest BCUT2D eigenvalue weighted by atomic mass is 9.78. The van der Waals surface area contributed by atoms with E-state index >= 15 is 0 Å². The summed E-state index contributed by atoms with van der Waals surface area (Å²) in [6.45, 7) is 14.0. The fourth-order valence-corrected chi connectivity index (χ4v) is 4.28. The Kier molecular flexibility index (Phi) is 6.43. The number of aromatic amines is 1. The summed E-state index contributed by atoms with van der Waals surface area (Å²) in [6.07, 6.45) is 3.64. The topological polar surface area (TPSA) is 66.0 Å². The van der Waals surface area contributed by atoms with Gasteiger partial charge in [-0.1, -0.05) is 19.9 Å². The Balaban J connectivity index is 2.00. The first-order valence-electron chi connectivity index (χ1n) is 11.2. The number of fused-ring (bicyclic) bond motifs is 1. The number of carbonyl (C=O) groups is 1. The van der Waals surface area contributed by atoms with Gasteiger partial charge in [-0.25, -0.2) is 0 Å². The summed E-state index contributed by atoms with van der Waals surface area (Å²) in [6, 6.07) is 10.5. The molecule has 0 aliphatic carbocycles. The minimum absolute atomic E-state index is 0.211. The van der Waals surface area contributed by atoms with Gasteiger partial charge in [0.25, 0.3) is 0 Å². The zero-order valence-corrected chi connectivity index (χ0v) is 20.0. The van der Waals surface area contributed by atoms with E-state index in [1.54, 1.807) is 13.8 Å². The number of H-pyrrole nitrogens is 1. The lowest BCUT2D eigenvalue weighted by Crippen LogP contribution is -2.29. The number of aliphatic hydroxyl groups is 1. The van der Waals surface area contributed by atoms with Crippen LogP contribution < -0.4 is 0 Å².